The van der Waals surface area contributed by atoms with Crippen LogP contribution >= 0.6 is 23.1 Å². The largest absolute Gasteiger partial charge is 0.477 e. The van der Waals surface area contributed by atoms with Gasteiger partial charge < -0.3 is 5.11 Å². The van der Waals surface area contributed by atoms with Gasteiger partial charge in [0.1, 0.15) is 5.69 Å². The van der Waals surface area contributed by atoms with Gasteiger partial charge in [0.05, 0.1) is 11.3 Å². The molecule has 3 rings (SSSR count). The Kier molecular flexibility index (Phi) is 5.11. The summed E-state index contributed by atoms with van der Waals surface area (Å²) in [5.41, 5.74) is 1.92. The molecule has 1 aromatic carbocycles. The highest BCUT2D eigenvalue weighted by Gasteiger charge is 2.12. The van der Waals surface area contributed by atoms with Gasteiger partial charge in [0, 0.05) is 22.0 Å². The van der Waals surface area contributed by atoms with Crippen molar-refractivity contribution in [1.29, 1.82) is 0 Å². The van der Waals surface area contributed by atoms with E-state index in [-0.39, 0.29) is 17.2 Å². The Hall–Kier alpha value is -2.71. The van der Waals surface area contributed by atoms with Crippen molar-refractivity contribution in [2.75, 3.05) is 11.6 Å². The van der Waals surface area contributed by atoms with Crippen LogP contribution in [0.4, 0.5) is 5.13 Å². The SMILES string of the molecule is CSc1ccc(-c2csc(NC(=O)c3ccc(C(=O)O)nc3)n2)cc1. The average Bonchev–Trinajstić information content (AvgIpc) is 3.10. The Bertz CT molecular complexity index is 906. The molecule has 0 radical (unpaired) electrons. The Labute approximate surface area is 152 Å². The van der Waals surface area contributed by atoms with Crippen LogP contribution in [-0.2, 0) is 0 Å². The summed E-state index contributed by atoms with van der Waals surface area (Å²) in [6.07, 6.45) is 3.25. The van der Waals surface area contributed by atoms with Crippen molar-refractivity contribution in [3.05, 3.63) is 59.2 Å². The summed E-state index contributed by atoms with van der Waals surface area (Å²) in [5, 5.41) is 13.9. The van der Waals surface area contributed by atoms with Gasteiger partial charge in [-0.2, -0.15) is 0 Å². The molecule has 0 bridgehead atoms. The van der Waals surface area contributed by atoms with Gasteiger partial charge in [-0.15, -0.1) is 23.1 Å². The van der Waals surface area contributed by atoms with Crippen molar-refractivity contribution >= 4 is 40.1 Å². The first-order valence-corrected chi connectivity index (χ1v) is 9.28. The second kappa shape index (κ2) is 7.45. The molecule has 126 valence electrons. The molecule has 2 N–H and O–H groups in total. The zero-order valence-electron chi connectivity index (χ0n) is 13.1. The van der Waals surface area contributed by atoms with E-state index in [9.17, 15) is 9.59 Å². The minimum Gasteiger partial charge on any atom is -0.477 e. The lowest BCUT2D eigenvalue weighted by Crippen LogP contribution is -2.12. The second-order valence-corrected chi connectivity index (χ2v) is 6.70. The molecule has 0 unspecified atom stereocenters. The Balaban J connectivity index is 1.71. The molecule has 8 heteroatoms. The molecule has 25 heavy (non-hydrogen) atoms. The first-order valence-electron chi connectivity index (χ1n) is 7.17. The molecule has 0 aliphatic carbocycles. The molecule has 0 saturated heterocycles. The molecule has 0 aliphatic heterocycles. The molecule has 0 aliphatic rings. The van der Waals surface area contributed by atoms with E-state index in [1.165, 1.54) is 34.6 Å². The van der Waals surface area contributed by atoms with Gasteiger partial charge in [0.2, 0.25) is 0 Å². The van der Waals surface area contributed by atoms with E-state index >= 15 is 0 Å². The second-order valence-electron chi connectivity index (χ2n) is 4.96. The number of rotatable bonds is 5. The van der Waals surface area contributed by atoms with E-state index in [0.717, 1.165) is 11.3 Å². The normalized spacial score (nSPS) is 10.4. The smallest absolute Gasteiger partial charge is 0.354 e. The monoisotopic (exact) mass is 371 g/mol. The zero-order valence-corrected chi connectivity index (χ0v) is 14.7. The topological polar surface area (TPSA) is 92.2 Å². The number of carboxylic acid groups (broad SMARTS) is 1. The van der Waals surface area contributed by atoms with Crippen LogP contribution in [0.1, 0.15) is 20.8 Å². The van der Waals surface area contributed by atoms with Gasteiger partial charge in [-0.3, -0.25) is 10.1 Å². The standard InChI is InChI=1S/C17H13N3O3S2/c1-24-12-5-2-10(3-6-12)14-9-25-17(19-14)20-15(21)11-4-7-13(16(22)23)18-8-11/h2-9H,1H3,(H,22,23)(H,19,20,21). The third kappa shape index (κ3) is 4.04. The van der Waals surface area contributed by atoms with Crippen molar-refractivity contribution in [1.82, 2.24) is 9.97 Å². The minimum atomic E-state index is -1.14. The molecule has 0 saturated carbocycles. The number of nitrogens with one attached hydrogen (secondary N) is 1. The van der Waals surface area contributed by atoms with E-state index in [1.54, 1.807) is 11.8 Å². The van der Waals surface area contributed by atoms with E-state index in [1.807, 2.05) is 35.9 Å². The number of hydrogen-bond acceptors (Lipinski definition) is 6. The molecule has 1 amide bonds. The number of amides is 1. The van der Waals surface area contributed by atoms with Gasteiger partial charge in [0.25, 0.3) is 5.91 Å². The van der Waals surface area contributed by atoms with E-state index in [4.69, 9.17) is 5.11 Å². The summed E-state index contributed by atoms with van der Waals surface area (Å²) in [6, 6.07) is 10.7. The number of benzene rings is 1. The number of carboxylic acids is 1. The lowest BCUT2D eigenvalue weighted by atomic mass is 10.2. The molecular weight excluding hydrogens is 358 g/mol. The van der Waals surface area contributed by atoms with Crippen LogP contribution in [0.3, 0.4) is 0 Å². The molecule has 2 heterocycles. The average molecular weight is 371 g/mol. The molecule has 3 aromatic rings. The summed E-state index contributed by atoms with van der Waals surface area (Å²) in [7, 11) is 0. The fourth-order valence-electron chi connectivity index (χ4n) is 2.05. The Morgan fingerprint density at radius 3 is 2.52 bits per heavy atom. The van der Waals surface area contributed by atoms with Gasteiger partial charge in [0.15, 0.2) is 5.13 Å². The molecule has 0 atom stereocenters. The highest BCUT2D eigenvalue weighted by atomic mass is 32.2. The number of hydrogen-bond donors (Lipinski definition) is 2. The third-order valence-corrected chi connectivity index (χ3v) is 4.86. The van der Waals surface area contributed by atoms with Gasteiger partial charge in [-0.1, -0.05) is 12.1 Å². The maximum absolute atomic E-state index is 12.2. The molecular formula is C17H13N3O3S2. The van der Waals surface area contributed by atoms with Crippen molar-refractivity contribution in [2.45, 2.75) is 4.90 Å². The highest BCUT2D eigenvalue weighted by Crippen LogP contribution is 2.27. The van der Waals surface area contributed by atoms with Crippen LogP contribution in [0.15, 0.2) is 52.9 Å². The fourth-order valence-corrected chi connectivity index (χ4v) is 3.17. The number of anilines is 1. The maximum Gasteiger partial charge on any atom is 0.354 e. The number of pyridine rings is 1. The van der Waals surface area contributed by atoms with E-state index < -0.39 is 5.97 Å². The fraction of sp³-hybridized carbons (Fsp3) is 0.0588. The third-order valence-electron chi connectivity index (χ3n) is 3.36. The molecule has 0 fully saturated rings. The summed E-state index contributed by atoms with van der Waals surface area (Å²) < 4.78 is 0. The maximum atomic E-state index is 12.2. The van der Waals surface area contributed by atoms with Crippen molar-refractivity contribution < 1.29 is 14.7 Å². The number of nitrogens with zero attached hydrogens (tertiary/aromatic N) is 2. The predicted octanol–water partition coefficient (Wildman–Crippen LogP) is 3.88. The first kappa shape index (κ1) is 17.1. The van der Waals surface area contributed by atoms with Gasteiger partial charge in [-0.25, -0.2) is 14.8 Å². The quantitative estimate of drug-likeness (QED) is 0.661. The first-order chi connectivity index (χ1) is 12.1. The Morgan fingerprint density at radius 2 is 1.92 bits per heavy atom. The van der Waals surface area contributed by atoms with Crippen LogP contribution in [0.25, 0.3) is 11.3 Å². The summed E-state index contributed by atoms with van der Waals surface area (Å²) >= 11 is 2.99. The van der Waals surface area contributed by atoms with Crippen molar-refractivity contribution in [3.8, 4) is 11.3 Å². The highest BCUT2D eigenvalue weighted by molar-refractivity contribution is 7.98. The lowest BCUT2D eigenvalue weighted by Gasteiger charge is -2.02. The number of aromatic carboxylic acids is 1. The van der Waals surface area contributed by atoms with Crippen LogP contribution < -0.4 is 5.32 Å². The Morgan fingerprint density at radius 1 is 1.16 bits per heavy atom. The number of aromatic nitrogens is 2. The van der Waals surface area contributed by atoms with Gasteiger partial charge >= 0.3 is 5.97 Å². The van der Waals surface area contributed by atoms with Gasteiger partial charge in [-0.05, 0) is 30.5 Å². The van der Waals surface area contributed by atoms with Crippen LogP contribution in [0, 0.1) is 0 Å². The molecule has 6 nitrogen and oxygen atoms in total. The number of carbonyl (C=O) groups excluding carboxylic acids is 1. The van der Waals surface area contributed by atoms with Crippen molar-refractivity contribution in [2.24, 2.45) is 0 Å². The van der Waals surface area contributed by atoms with Crippen LogP contribution in [0.2, 0.25) is 0 Å². The predicted molar refractivity (Wildman–Crippen MR) is 98.5 cm³/mol. The lowest BCUT2D eigenvalue weighted by molar-refractivity contribution is 0.0690. The summed E-state index contributed by atoms with van der Waals surface area (Å²) in [5.74, 6) is -1.52. The number of thiazole rings is 1. The number of thioether (sulfide) groups is 1. The van der Waals surface area contributed by atoms with E-state index in [2.05, 4.69) is 15.3 Å². The number of carbonyl (C=O) groups is 2. The summed E-state index contributed by atoms with van der Waals surface area (Å²) in [6.45, 7) is 0. The zero-order chi connectivity index (χ0) is 17.8. The minimum absolute atomic E-state index is 0.109. The molecule has 0 spiro atoms. The summed E-state index contributed by atoms with van der Waals surface area (Å²) in [4.78, 5) is 32.3. The van der Waals surface area contributed by atoms with Crippen LogP contribution in [-0.4, -0.2) is 33.2 Å². The van der Waals surface area contributed by atoms with Crippen LogP contribution in [0.5, 0.6) is 0 Å². The van der Waals surface area contributed by atoms with E-state index in [0.29, 0.717) is 5.13 Å². The molecule has 2 aromatic heterocycles. The van der Waals surface area contributed by atoms with Crippen molar-refractivity contribution in [3.63, 3.8) is 0 Å².